The van der Waals surface area contributed by atoms with E-state index in [2.05, 4.69) is 0 Å². The maximum Gasteiger partial charge on any atom is 0.332 e. The minimum Gasteiger partial charge on any atom is -0.494 e. The number of nitrogens with zero attached hydrogens (tertiary/aromatic N) is 5. The number of hydrogen-bond donors (Lipinski definition) is 1. The van der Waals surface area contributed by atoms with Gasteiger partial charge in [-0.25, -0.2) is 9.78 Å². The molecular formula is C27H32N6O3. The first-order chi connectivity index (χ1) is 17.4. The van der Waals surface area contributed by atoms with Gasteiger partial charge in [0.1, 0.15) is 17.1 Å². The van der Waals surface area contributed by atoms with Crippen LogP contribution in [0.3, 0.4) is 0 Å². The summed E-state index contributed by atoms with van der Waals surface area (Å²) in [6.45, 7) is 1.26. The summed E-state index contributed by atoms with van der Waals surface area (Å²) >= 11 is 0. The fourth-order valence-corrected chi connectivity index (χ4v) is 5.53. The average Bonchev–Trinajstić information content (AvgIpc) is 3.53. The predicted octanol–water partition coefficient (Wildman–Crippen LogP) is 2.72. The normalized spacial score (nSPS) is 18.3. The molecular weight excluding hydrogens is 456 g/mol. The van der Waals surface area contributed by atoms with Gasteiger partial charge in [0.15, 0.2) is 0 Å². The molecule has 1 saturated carbocycles. The van der Waals surface area contributed by atoms with Gasteiger partial charge in [-0.15, -0.1) is 0 Å². The third-order valence-electron chi connectivity index (χ3n) is 7.66. The van der Waals surface area contributed by atoms with Gasteiger partial charge in [-0.05, 0) is 62.3 Å². The number of benzene rings is 1. The van der Waals surface area contributed by atoms with Crippen LogP contribution in [0.25, 0.3) is 27.9 Å². The molecule has 2 fully saturated rings. The van der Waals surface area contributed by atoms with E-state index in [1.54, 1.807) is 31.0 Å². The highest BCUT2D eigenvalue weighted by molar-refractivity contribution is 6.00. The lowest BCUT2D eigenvalue weighted by molar-refractivity contribution is 0.0708. The fourth-order valence-electron chi connectivity index (χ4n) is 5.53. The van der Waals surface area contributed by atoms with Crippen molar-refractivity contribution in [1.82, 2.24) is 23.4 Å². The van der Waals surface area contributed by atoms with Crippen LogP contribution in [0.1, 0.15) is 41.7 Å². The van der Waals surface area contributed by atoms with Crippen molar-refractivity contribution in [3.8, 4) is 17.1 Å². The highest BCUT2D eigenvalue weighted by atomic mass is 16.5. The number of methoxy groups -OCH3 is 1. The van der Waals surface area contributed by atoms with Crippen LogP contribution in [0.2, 0.25) is 0 Å². The number of imidazole rings is 1. The fraction of sp³-hybridized carbons (Fsp3) is 0.444. The Kier molecular flexibility index (Phi) is 5.40. The molecule has 36 heavy (non-hydrogen) atoms. The molecule has 4 heterocycles. The van der Waals surface area contributed by atoms with Crippen LogP contribution in [0, 0.1) is 5.92 Å². The smallest absolute Gasteiger partial charge is 0.332 e. The molecule has 0 bridgehead atoms. The van der Waals surface area contributed by atoms with Crippen molar-refractivity contribution in [3.05, 3.63) is 52.2 Å². The Morgan fingerprint density at radius 3 is 2.72 bits per heavy atom. The predicted molar refractivity (Wildman–Crippen MR) is 138 cm³/mol. The third kappa shape index (κ3) is 3.69. The van der Waals surface area contributed by atoms with E-state index in [0.717, 1.165) is 47.4 Å². The van der Waals surface area contributed by atoms with E-state index in [4.69, 9.17) is 15.5 Å². The van der Waals surface area contributed by atoms with Gasteiger partial charge in [-0.1, -0.05) is 0 Å². The van der Waals surface area contributed by atoms with Gasteiger partial charge >= 0.3 is 5.69 Å². The monoisotopic (exact) mass is 488 g/mol. The van der Waals surface area contributed by atoms with Crippen LogP contribution in [0.4, 0.5) is 0 Å². The number of carbonyl (C=O) groups is 1. The zero-order valence-electron chi connectivity index (χ0n) is 21.0. The van der Waals surface area contributed by atoms with Crippen LogP contribution in [0.15, 0.2) is 35.3 Å². The van der Waals surface area contributed by atoms with Gasteiger partial charge in [0.2, 0.25) is 0 Å². The summed E-state index contributed by atoms with van der Waals surface area (Å²) < 4.78 is 11.2. The molecule has 4 aromatic rings. The summed E-state index contributed by atoms with van der Waals surface area (Å²) in [5.41, 5.74) is 10.9. The lowest BCUT2D eigenvalue weighted by atomic mass is 10.0. The second-order valence-corrected chi connectivity index (χ2v) is 10.3. The summed E-state index contributed by atoms with van der Waals surface area (Å²) in [6, 6.07) is 7.67. The molecule has 0 unspecified atom stereocenters. The minimum atomic E-state index is -0.0571. The molecule has 1 saturated heterocycles. The largest absolute Gasteiger partial charge is 0.494 e. The molecule has 1 atom stereocenters. The molecule has 1 aliphatic heterocycles. The van der Waals surface area contributed by atoms with Crippen LogP contribution in [-0.2, 0) is 20.5 Å². The van der Waals surface area contributed by atoms with Crippen molar-refractivity contribution < 1.29 is 9.53 Å². The number of carbonyl (C=O) groups excluding carboxylic acids is 1. The van der Waals surface area contributed by atoms with Crippen molar-refractivity contribution in [2.75, 3.05) is 20.2 Å². The number of likely N-dealkylation sites (tertiary alicyclic amines) is 1. The van der Waals surface area contributed by atoms with Gasteiger partial charge in [-0.3, -0.25) is 9.20 Å². The molecule has 2 aliphatic rings. The van der Waals surface area contributed by atoms with E-state index in [-0.39, 0.29) is 17.6 Å². The molecule has 1 aliphatic carbocycles. The van der Waals surface area contributed by atoms with Crippen molar-refractivity contribution in [3.63, 3.8) is 0 Å². The minimum absolute atomic E-state index is 0.0105. The Morgan fingerprint density at radius 1 is 1.19 bits per heavy atom. The molecule has 1 amide bonds. The third-order valence-corrected chi connectivity index (χ3v) is 7.66. The Balaban J connectivity index is 1.51. The van der Waals surface area contributed by atoms with E-state index in [0.29, 0.717) is 35.8 Å². The Hall–Kier alpha value is -3.59. The average molecular weight is 489 g/mol. The zero-order chi connectivity index (χ0) is 25.1. The summed E-state index contributed by atoms with van der Waals surface area (Å²) in [5, 5.41) is 0. The lowest BCUT2D eigenvalue weighted by Crippen LogP contribution is -2.45. The number of hydrogen-bond acceptors (Lipinski definition) is 5. The van der Waals surface area contributed by atoms with E-state index in [9.17, 15) is 9.59 Å². The maximum atomic E-state index is 13.3. The molecule has 9 nitrogen and oxygen atoms in total. The number of rotatable bonds is 5. The van der Waals surface area contributed by atoms with E-state index >= 15 is 0 Å². The summed E-state index contributed by atoms with van der Waals surface area (Å²) in [7, 11) is 5.34. The molecule has 2 N–H and O–H groups in total. The van der Waals surface area contributed by atoms with Gasteiger partial charge in [0.25, 0.3) is 5.91 Å². The second kappa shape index (κ2) is 8.51. The van der Waals surface area contributed by atoms with Crippen molar-refractivity contribution in [2.24, 2.45) is 25.7 Å². The summed E-state index contributed by atoms with van der Waals surface area (Å²) in [5.74, 6) is 1.90. The maximum absolute atomic E-state index is 13.3. The van der Waals surface area contributed by atoms with Gasteiger partial charge in [0, 0.05) is 56.2 Å². The number of ether oxygens (including phenoxy) is 1. The Labute approximate surface area is 209 Å². The van der Waals surface area contributed by atoms with Crippen LogP contribution >= 0.6 is 0 Å². The highest BCUT2D eigenvalue weighted by Crippen LogP contribution is 2.38. The number of piperidine rings is 1. The summed E-state index contributed by atoms with van der Waals surface area (Å²) in [4.78, 5) is 33.2. The standard InChI is InChI=1S/C27H32N6O3/c1-30-10-8-19-14-20(22(11-16-6-7-16)33(19)27(30)35)25-29-21-12-17(13-23(36-3)24(21)31(25)2)26(34)32-9-4-5-18(28)15-32/h8,10,12-14,16,18H,4-7,9,11,15,28H2,1-3H3/t18-/m1/s1. The van der Waals surface area contributed by atoms with Gasteiger partial charge in [0.05, 0.1) is 18.1 Å². The second-order valence-electron chi connectivity index (χ2n) is 10.3. The zero-order valence-corrected chi connectivity index (χ0v) is 21.0. The van der Waals surface area contributed by atoms with Crippen molar-refractivity contribution in [2.45, 2.75) is 38.1 Å². The molecule has 188 valence electrons. The molecule has 9 heteroatoms. The van der Waals surface area contributed by atoms with Crippen molar-refractivity contribution in [1.29, 1.82) is 0 Å². The SMILES string of the molecule is COc1cc(C(=O)N2CCC[C@@H](N)C2)cc2nc(-c3cc4ccn(C)c(=O)n4c3CC3CC3)n(C)c12. The molecule has 0 radical (unpaired) electrons. The Bertz CT molecular complexity index is 1560. The topological polar surface area (TPSA) is 99.8 Å². The van der Waals surface area contributed by atoms with Gasteiger partial charge < -0.3 is 24.5 Å². The first-order valence-corrected chi connectivity index (χ1v) is 12.7. The Morgan fingerprint density at radius 2 is 2.00 bits per heavy atom. The van der Waals surface area contributed by atoms with Crippen LogP contribution in [0.5, 0.6) is 5.75 Å². The highest BCUT2D eigenvalue weighted by Gasteiger charge is 2.29. The molecule has 6 rings (SSSR count). The van der Waals surface area contributed by atoms with Crippen molar-refractivity contribution >= 4 is 22.5 Å². The first-order valence-electron chi connectivity index (χ1n) is 12.7. The van der Waals surface area contributed by atoms with E-state index in [1.165, 1.54) is 12.8 Å². The van der Waals surface area contributed by atoms with E-state index in [1.807, 2.05) is 39.1 Å². The number of nitrogens with two attached hydrogens (primary N) is 1. The number of amides is 1. The number of aryl methyl sites for hydroxylation is 2. The van der Waals surface area contributed by atoms with E-state index < -0.39 is 0 Å². The summed E-state index contributed by atoms with van der Waals surface area (Å²) in [6.07, 6.45) is 6.84. The lowest BCUT2D eigenvalue weighted by Gasteiger charge is -2.30. The molecule has 1 aromatic carbocycles. The quantitative estimate of drug-likeness (QED) is 0.466. The number of fused-ring (bicyclic) bond motifs is 2. The van der Waals surface area contributed by atoms with Crippen LogP contribution in [-0.4, -0.2) is 55.6 Å². The first kappa shape index (κ1) is 22.8. The molecule has 0 spiro atoms. The number of aromatic nitrogens is 4. The van der Waals surface area contributed by atoms with Gasteiger partial charge in [-0.2, -0.15) is 0 Å². The molecule has 3 aromatic heterocycles. The van der Waals surface area contributed by atoms with Crippen LogP contribution < -0.4 is 16.2 Å².